The van der Waals surface area contributed by atoms with Gasteiger partial charge in [-0.15, -0.1) is 0 Å². The number of allylic oxidation sites excluding steroid dienone is 2. The lowest BCUT2D eigenvalue weighted by atomic mass is 9.59. The van der Waals surface area contributed by atoms with Crippen molar-refractivity contribution in [3.05, 3.63) is 41.2 Å². The number of carbonyl (C=O) groups excluding carboxylic acids is 1. The molecule has 0 aromatic heterocycles. The fourth-order valence-corrected chi connectivity index (χ4v) is 5.04. The molecule has 26 heavy (non-hydrogen) atoms. The molecule has 0 bridgehead atoms. The zero-order valence-electron chi connectivity index (χ0n) is 14.5. The Hall–Kier alpha value is -2.47. The largest absolute Gasteiger partial charge is 0.465 e. The van der Waals surface area contributed by atoms with Crippen molar-refractivity contribution < 1.29 is 28.5 Å². The highest BCUT2D eigenvalue weighted by Crippen LogP contribution is 2.61. The van der Waals surface area contributed by atoms with E-state index in [0.29, 0.717) is 23.2 Å². The van der Waals surface area contributed by atoms with Crippen molar-refractivity contribution >= 4 is 5.78 Å². The van der Waals surface area contributed by atoms with Gasteiger partial charge in [-0.25, -0.2) is 0 Å². The van der Waals surface area contributed by atoms with Gasteiger partial charge in [0.2, 0.25) is 6.79 Å². The predicted molar refractivity (Wildman–Crippen MR) is 88.7 cm³/mol. The number of fused-ring (bicyclic) bond motifs is 3. The summed E-state index contributed by atoms with van der Waals surface area (Å²) in [5.41, 5.74) is 1.80. The molecule has 1 aromatic carbocycles. The SMILES string of the molecule is C[C@H]1[C@@H]2c3cc4c(cc3O[C@]35OCOC3=CC(=O)C(=C[C@H]1C)[C@H]25)OCO4. The number of benzene rings is 1. The summed E-state index contributed by atoms with van der Waals surface area (Å²) in [5.74, 6) is 1.90. The van der Waals surface area contributed by atoms with E-state index in [-0.39, 0.29) is 37.1 Å². The van der Waals surface area contributed by atoms with Crippen molar-refractivity contribution in [1.82, 2.24) is 0 Å². The molecule has 0 amide bonds. The van der Waals surface area contributed by atoms with Gasteiger partial charge in [-0.1, -0.05) is 19.9 Å². The molecule has 3 heterocycles. The summed E-state index contributed by atoms with van der Waals surface area (Å²) in [6.45, 7) is 4.66. The lowest BCUT2D eigenvalue weighted by Crippen LogP contribution is -2.56. The van der Waals surface area contributed by atoms with Crippen LogP contribution in [0.4, 0.5) is 0 Å². The Morgan fingerprint density at radius 3 is 2.69 bits per heavy atom. The fourth-order valence-electron chi connectivity index (χ4n) is 5.04. The van der Waals surface area contributed by atoms with Crippen molar-refractivity contribution in [2.75, 3.05) is 13.6 Å². The predicted octanol–water partition coefficient (Wildman–Crippen LogP) is 2.89. The van der Waals surface area contributed by atoms with Crippen LogP contribution in [-0.2, 0) is 14.3 Å². The second-order valence-corrected chi connectivity index (χ2v) is 7.64. The van der Waals surface area contributed by atoms with Crippen LogP contribution in [0, 0.1) is 17.8 Å². The summed E-state index contributed by atoms with van der Waals surface area (Å²) in [6.07, 6.45) is 3.60. The van der Waals surface area contributed by atoms with E-state index in [1.807, 2.05) is 12.1 Å². The summed E-state index contributed by atoms with van der Waals surface area (Å²) >= 11 is 0. The normalized spacial score (nSPS) is 38.3. The summed E-state index contributed by atoms with van der Waals surface area (Å²) in [5, 5.41) is 0. The minimum Gasteiger partial charge on any atom is -0.465 e. The maximum absolute atomic E-state index is 12.8. The quantitative estimate of drug-likeness (QED) is 0.714. The van der Waals surface area contributed by atoms with Crippen LogP contribution >= 0.6 is 0 Å². The first-order chi connectivity index (χ1) is 12.6. The monoisotopic (exact) mass is 354 g/mol. The second-order valence-electron chi connectivity index (χ2n) is 7.64. The number of ketones is 1. The van der Waals surface area contributed by atoms with Crippen LogP contribution in [0.5, 0.6) is 17.2 Å². The average Bonchev–Trinajstić information content (AvgIpc) is 3.23. The van der Waals surface area contributed by atoms with E-state index < -0.39 is 5.79 Å². The molecule has 2 aliphatic carbocycles. The van der Waals surface area contributed by atoms with Crippen LogP contribution < -0.4 is 14.2 Å². The maximum atomic E-state index is 12.8. The molecule has 1 saturated heterocycles. The molecular weight excluding hydrogens is 336 g/mol. The van der Waals surface area contributed by atoms with Crippen molar-refractivity contribution in [1.29, 1.82) is 0 Å². The number of carbonyl (C=O) groups is 1. The third-order valence-electron chi connectivity index (χ3n) is 6.45. The van der Waals surface area contributed by atoms with Crippen LogP contribution in [0.2, 0.25) is 0 Å². The molecule has 0 unspecified atom stereocenters. The standard InChI is InChI=1S/C20H18O6/c1-9-3-11-13(21)5-17-20(25-8-24-17)19(11)18(10(9)2)12-4-15-16(23-7-22-15)6-14(12)26-20/h3-6,9-10,18-19H,7-8H2,1-2H3/t9-,10-,18-,19-,20-/m1/s1. The molecule has 3 aliphatic heterocycles. The first kappa shape index (κ1) is 14.7. The molecule has 6 rings (SSSR count). The molecular formula is C20H18O6. The van der Waals surface area contributed by atoms with Crippen LogP contribution in [0.15, 0.2) is 35.6 Å². The van der Waals surface area contributed by atoms with Crippen LogP contribution in [-0.4, -0.2) is 25.2 Å². The van der Waals surface area contributed by atoms with Gasteiger partial charge in [-0.3, -0.25) is 9.53 Å². The van der Waals surface area contributed by atoms with Crippen molar-refractivity contribution in [3.8, 4) is 17.2 Å². The Bertz CT molecular complexity index is 915. The first-order valence-corrected chi connectivity index (χ1v) is 8.96. The summed E-state index contributed by atoms with van der Waals surface area (Å²) in [4.78, 5) is 12.8. The van der Waals surface area contributed by atoms with Gasteiger partial charge >= 0.3 is 0 Å². The van der Waals surface area contributed by atoms with Gasteiger partial charge in [0.05, 0.1) is 5.92 Å². The number of rotatable bonds is 0. The van der Waals surface area contributed by atoms with Crippen LogP contribution in [0.3, 0.4) is 0 Å². The molecule has 1 spiro atoms. The smallest absolute Gasteiger partial charge is 0.279 e. The lowest BCUT2D eigenvalue weighted by molar-refractivity contribution is -0.182. The Kier molecular flexibility index (Phi) is 2.61. The summed E-state index contributed by atoms with van der Waals surface area (Å²) in [7, 11) is 0. The van der Waals surface area contributed by atoms with Crippen LogP contribution in [0.25, 0.3) is 0 Å². The van der Waals surface area contributed by atoms with E-state index in [4.69, 9.17) is 23.7 Å². The molecule has 1 fully saturated rings. The molecule has 0 saturated carbocycles. The Morgan fingerprint density at radius 1 is 1.04 bits per heavy atom. The first-order valence-electron chi connectivity index (χ1n) is 8.96. The van der Waals surface area contributed by atoms with Gasteiger partial charge in [0.25, 0.3) is 5.79 Å². The highest BCUT2D eigenvalue weighted by atomic mass is 16.8. The van der Waals surface area contributed by atoms with Gasteiger partial charge in [0.15, 0.2) is 29.8 Å². The van der Waals surface area contributed by atoms with Gasteiger partial charge in [0, 0.05) is 29.2 Å². The molecule has 6 heteroatoms. The van der Waals surface area contributed by atoms with Gasteiger partial charge in [-0.05, 0) is 17.9 Å². The number of ether oxygens (including phenoxy) is 5. The molecule has 0 radical (unpaired) electrons. The minimum atomic E-state index is -1.07. The van der Waals surface area contributed by atoms with Gasteiger partial charge < -0.3 is 18.9 Å². The zero-order chi connectivity index (χ0) is 17.6. The maximum Gasteiger partial charge on any atom is 0.279 e. The third-order valence-corrected chi connectivity index (χ3v) is 6.45. The minimum absolute atomic E-state index is 0.0114. The lowest BCUT2D eigenvalue weighted by Gasteiger charge is -2.51. The van der Waals surface area contributed by atoms with E-state index in [0.717, 1.165) is 16.9 Å². The highest BCUT2D eigenvalue weighted by Gasteiger charge is 2.64. The molecule has 134 valence electrons. The van der Waals surface area contributed by atoms with E-state index in [1.54, 1.807) is 0 Å². The average molecular weight is 354 g/mol. The van der Waals surface area contributed by atoms with E-state index >= 15 is 0 Å². The van der Waals surface area contributed by atoms with E-state index in [9.17, 15) is 4.79 Å². The molecule has 0 N–H and O–H groups in total. The topological polar surface area (TPSA) is 63.2 Å². The van der Waals surface area contributed by atoms with Gasteiger partial charge in [0.1, 0.15) is 5.75 Å². The Balaban J connectivity index is 1.64. The van der Waals surface area contributed by atoms with Crippen molar-refractivity contribution in [3.63, 3.8) is 0 Å². The van der Waals surface area contributed by atoms with Crippen molar-refractivity contribution in [2.24, 2.45) is 17.8 Å². The fraction of sp³-hybridized carbons (Fsp3) is 0.450. The van der Waals surface area contributed by atoms with Crippen LogP contribution in [0.1, 0.15) is 25.3 Å². The zero-order valence-corrected chi connectivity index (χ0v) is 14.5. The summed E-state index contributed by atoms with van der Waals surface area (Å²) < 4.78 is 29.1. The highest BCUT2D eigenvalue weighted by molar-refractivity contribution is 6.06. The van der Waals surface area contributed by atoms with Crippen molar-refractivity contribution in [2.45, 2.75) is 25.6 Å². The van der Waals surface area contributed by atoms with E-state index in [2.05, 4.69) is 19.9 Å². The number of hydrogen-bond acceptors (Lipinski definition) is 6. The Morgan fingerprint density at radius 2 is 1.85 bits per heavy atom. The molecule has 6 nitrogen and oxygen atoms in total. The molecule has 5 atom stereocenters. The molecule has 5 aliphatic rings. The number of hydrogen-bond donors (Lipinski definition) is 0. The third kappa shape index (κ3) is 1.59. The summed E-state index contributed by atoms with van der Waals surface area (Å²) in [6, 6.07) is 3.87. The second kappa shape index (κ2) is 4.62. The molecule has 1 aromatic rings. The van der Waals surface area contributed by atoms with Gasteiger partial charge in [-0.2, -0.15) is 0 Å². The van der Waals surface area contributed by atoms with E-state index in [1.165, 1.54) is 6.08 Å². The Labute approximate surface area is 150 Å².